The summed E-state index contributed by atoms with van der Waals surface area (Å²) in [6.07, 6.45) is 4.93. The molecule has 0 atom stereocenters. The van der Waals surface area contributed by atoms with Crippen LogP contribution in [-0.2, 0) is 12.8 Å². The zero-order valence-electron chi connectivity index (χ0n) is 13.7. The molecule has 0 aliphatic heterocycles. The molecule has 5 heteroatoms. The summed E-state index contributed by atoms with van der Waals surface area (Å²) >= 11 is 0. The average Bonchev–Trinajstić information content (AvgIpc) is 2.76. The molecule has 0 saturated carbocycles. The molecule has 4 nitrogen and oxygen atoms in total. The van der Waals surface area contributed by atoms with Gasteiger partial charge in [-0.25, -0.2) is 0 Å². The molecule has 0 aliphatic rings. The Morgan fingerprint density at radius 3 is 2.59 bits per heavy atom. The molecule has 0 saturated heterocycles. The number of rotatable bonds is 7. The summed E-state index contributed by atoms with van der Waals surface area (Å²) in [6, 6.07) is 3.52. The number of carboxylic acid groups (broad SMARTS) is 1. The van der Waals surface area contributed by atoms with Crippen LogP contribution in [0.25, 0.3) is 10.9 Å². The molecule has 0 amide bonds. The summed E-state index contributed by atoms with van der Waals surface area (Å²) < 4.78 is 0. The molecule has 2 N–H and O–H groups in total. The molecule has 0 spiro atoms. The Hall–Kier alpha value is -0.810. The molecule has 0 bridgehead atoms. The Morgan fingerprint density at radius 2 is 2.00 bits per heavy atom. The fourth-order valence-electron chi connectivity index (χ4n) is 2.84. The van der Waals surface area contributed by atoms with E-state index in [0.29, 0.717) is 12.0 Å². The number of carbonyl (C=O) groups excluding carboxylic acids is 1. The fraction of sp³-hybridized carbons (Fsp3) is 0.471. The van der Waals surface area contributed by atoms with Gasteiger partial charge in [-0.2, -0.15) is 0 Å². The van der Waals surface area contributed by atoms with E-state index in [2.05, 4.69) is 11.9 Å². The molecule has 1 heterocycles. The third-order valence-corrected chi connectivity index (χ3v) is 3.95. The Labute approximate surface area is 153 Å². The number of benzene rings is 1. The monoisotopic (exact) mass is 311 g/mol. The zero-order valence-corrected chi connectivity index (χ0v) is 15.7. The van der Waals surface area contributed by atoms with E-state index < -0.39 is 5.97 Å². The minimum atomic E-state index is -1.15. The third-order valence-electron chi connectivity index (χ3n) is 3.95. The van der Waals surface area contributed by atoms with E-state index in [1.54, 1.807) is 13.0 Å². The topological polar surface area (TPSA) is 76.2 Å². The summed E-state index contributed by atoms with van der Waals surface area (Å²) in [5, 5.41) is 21.4. The predicted molar refractivity (Wildman–Crippen MR) is 81.4 cm³/mol. The number of carbonyl (C=O) groups is 1. The van der Waals surface area contributed by atoms with Crippen molar-refractivity contribution in [2.45, 2.75) is 46.0 Å². The second-order valence-corrected chi connectivity index (χ2v) is 5.51. The predicted octanol–water partition coefficient (Wildman–Crippen LogP) is -0.889. The van der Waals surface area contributed by atoms with Crippen molar-refractivity contribution >= 4 is 16.9 Å². The Balaban J connectivity index is 0.00000242. The van der Waals surface area contributed by atoms with Crippen LogP contribution < -0.4 is 34.7 Å². The molecule has 0 radical (unpaired) electrons. The van der Waals surface area contributed by atoms with Crippen LogP contribution >= 0.6 is 0 Å². The van der Waals surface area contributed by atoms with E-state index in [4.69, 9.17) is 0 Å². The van der Waals surface area contributed by atoms with Gasteiger partial charge in [-0.15, -0.1) is 0 Å². The number of aliphatic hydroxyl groups is 1. The van der Waals surface area contributed by atoms with Crippen LogP contribution in [0.5, 0.6) is 0 Å². The van der Waals surface area contributed by atoms with Crippen molar-refractivity contribution < 1.29 is 44.6 Å². The SMILES string of the molecule is CCCCCc1[nH]c2cc(C(=O)[O-])c(C)cc2c1CCO.[Na+]. The number of aromatic nitrogens is 1. The van der Waals surface area contributed by atoms with E-state index in [-0.39, 0.29) is 41.7 Å². The van der Waals surface area contributed by atoms with Gasteiger partial charge in [-0.1, -0.05) is 19.8 Å². The average molecular weight is 311 g/mol. The molecule has 22 heavy (non-hydrogen) atoms. The standard InChI is InChI=1S/C17H23NO3.Na/c1-3-4-5-6-15-12(7-8-19)14-9-11(2)13(17(20)21)10-16(14)18-15;/h9-10,18-19H,3-8H2,1-2H3,(H,20,21);/q;+1/p-1. The molecule has 1 aromatic heterocycles. The van der Waals surface area contributed by atoms with Crippen LogP contribution in [0.1, 0.15) is 53.4 Å². The maximum absolute atomic E-state index is 11.1. The van der Waals surface area contributed by atoms with Gasteiger partial charge >= 0.3 is 29.6 Å². The van der Waals surface area contributed by atoms with Crippen molar-refractivity contribution in [1.29, 1.82) is 0 Å². The molecule has 1 aromatic carbocycles. The maximum atomic E-state index is 11.1. The summed E-state index contributed by atoms with van der Waals surface area (Å²) in [5.74, 6) is -1.15. The van der Waals surface area contributed by atoms with Crippen LogP contribution in [0.4, 0.5) is 0 Å². The maximum Gasteiger partial charge on any atom is 1.00 e. The number of aromatic amines is 1. The number of unbranched alkanes of at least 4 members (excludes halogenated alkanes) is 2. The first-order valence-corrected chi connectivity index (χ1v) is 7.54. The van der Waals surface area contributed by atoms with Gasteiger partial charge in [0.25, 0.3) is 0 Å². The summed E-state index contributed by atoms with van der Waals surface area (Å²) in [7, 11) is 0. The molecule has 114 valence electrons. The van der Waals surface area contributed by atoms with Gasteiger partial charge in [0.1, 0.15) is 0 Å². The third kappa shape index (κ3) is 4.13. The number of aryl methyl sites for hydroxylation is 2. The van der Waals surface area contributed by atoms with Gasteiger partial charge in [0.15, 0.2) is 0 Å². The molecule has 0 fully saturated rings. The number of aromatic carboxylic acids is 1. The van der Waals surface area contributed by atoms with Crippen molar-refractivity contribution in [3.8, 4) is 0 Å². The minimum Gasteiger partial charge on any atom is -0.545 e. The van der Waals surface area contributed by atoms with Gasteiger partial charge in [-0.05, 0) is 49.4 Å². The Bertz CT molecular complexity index is 649. The first-order chi connectivity index (χ1) is 10.1. The normalized spacial score (nSPS) is 10.7. The molecule has 2 aromatic rings. The second kappa shape index (κ2) is 8.73. The Kier molecular flexibility index (Phi) is 7.63. The van der Waals surface area contributed by atoms with Crippen molar-refractivity contribution in [2.24, 2.45) is 0 Å². The second-order valence-electron chi connectivity index (χ2n) is 5.51. The quantitative estimate of drug-likeness (QED) is 0.514. The summed E-state index contributed by atoms with van der Waals surface area (Å²) in [5.41, 5.74) is 3.95. The van der Waals surface area contributed by atoms with Gasteiger partial charge in [0.2, 0.25) is 0 Å². The number of nitrogens with one attached hydrogen (secondary N) is 1. The van der Waals surface area contributed by atoms with Crippen LogP contribution in [-0.4, -0.2) is 22.7 Å². The molecule has 0 aliphatic carbocycles. The minimum absolute atomic E-state index is 0. The van der Waals surface area contributed by atoms with Crippen molar-refractivity contribution in [3.05, 3.63) is 34.5 Å². The molecular formula is C17H22NNaO3. The largest absolute Gasteiger partial charge is 1.00 e. The van der Waals surface area contributed by atoms with E-state index in [0.717, 1.165) is 47.8 Å². The van der Waals surface area contributed by atoms with Gasteiger partial charge in [0.05, 0.1) is 5.97 Å². The van der Waals surface area contributed by atoms with Gasteiger partial charge in [0, 0.05) is 28.8 Å². The van der Waals surface area contributed by atoms with Gasteiger partial charge < -0.3 is 20.0 Å². The van der Waals surface area contributed by atoms with Crippen molar-refractivity contribution in [1.82, 2.24) is 4.98 Å². The number of hydrogen-bond donors (Lipinski definition) is 2. The molecular weight excluding hydrogens is 289 g/mol. The van der Waals surface area contributed by atoms with Crippen LogP contribution in [0.3, 0.4) is 0 Å². The first kappa shape index (κ1) is 19.2. The number of hydrogen-bond acceptors (Lipinski definition) is 3. The van der Waals surface area contributed by atoms with Crippen LogP contribution in [0, 0.1) is 6.92 Å². The van der Waals surface area contributed by atoms with Crippen LogP contribution in [0.15, 0.2) is 12.1 Å². The van der Waals surface area contributed by atoms with Crippen LogP contribution in [0.2, 0.25) is 0 Å². The van der Waals surface area contributed by atoms with E-state index in [1.165, 1.54) is 0 Å². The van der Waals surface area contributed by atoms with Crippen molar-refractivity contribution in [3.63, 3.8) is 0 Å². The summed E-state index contributed by atoms with van der Waals surface area (Å²) in [6.45, 7) is 4.03. The number of H-pyrrole nitrogens is 1. The molecule has 0 unspecified atom stereocenters. The fourth-order valence-corrected chi connectivity index (χ4v) is 2.84. The molecule has 2 rings (SSSR count). The smallest absolute Gasteiger partial charge is 0.545 e. The number of fused-ring (bicyclic) bond motifs is 1. The number of carboxylic acids is 1. The summed E-state index contributed by atoms with van der Waals surface area (Å²) in [4.78, 5) is 14.5. The number of aliphatic hydroxyl groups excluding tert-OH is 1. The van der Waals surface area contributed by atoms with Gasteiger partial charge in [-0.3, -0.25) is 0 Å². The van der Waals surface area contributed by atoms with E-state index in [9.17, 15) is 15.0 Å². The van der Waals surface area contributed by atoms with Crippen molar-refractivity contribution in [2.75, 3.05) is 6.61 Å². The first-order valence-electron chi connectivity index (χ1n) is 7.54. The van der Waals surface area contributed by atoms with E-state index >= 15 is 0 Å². The Morgan fingerprint density at radius 1 is 1.27 bits per heavy atom. The zero-order chi connectivity index (χ0) is 15.4. The van der Waals surface area contributed by atoms with E-state index in [1.807, 2.05) is 6.07 Å².